The van der Waals surface area contributed by atoms with Gasteiger partial charge in [-0.3, -0.25) is 14.7 Å². The second-order valence-corrected chi connectivity index (χ2v) is 13.4. The number of aryl methyl sites for hydroxylation is 1. The summed E-state index contributed by atoms with van der Waals surface area (Å²) in [6, 6.07) is 10.7. The number of nitrogens with one attached hydrogen (secondary N) is 2. The number of anilines is 2. The molecule has 1 aliphatic heterocycles. The van der Waals surface area contributed by atoms with E-state index in [1.54, 1.807) is 48.1 Å². The van der Waals surface area contributed by atoms with E-state index in [-0.39, 0.29) is 36.8 Å². The van der Waals surface area contributed by atoms with E-state index in [0.29, 0.717) is 34.4 Å². The summed E-state index contributed by atoms with van der Waals surface area (Å²) in [5, 5.41) is 10.2. The van der Waals surface area contributed by atoms with Crippen LogP contribution in [-0.4, -0.2) is 59.8 Å². The van der Waals surface area contributed by atoms with E-state index in [1.165, 1.54) is 0 Å². The Balaban J connectivity index is 1.47. The van der Waals surface area contributed by atoms with Crippen LogP contribution in [0.4, 0.5) is 20.2 Å². The van der Waals surface area contributed by atoms with Gasteiger partial charge in [0.1, 0.15) is 17.3 Å². The first-order chi connectivity index (χ1) is 20.2. The number of sulfonamides is 1. The molecule has 1 amide bonds. The Morgan fingerprint density at radius 3 is 2.42 bits per heavy atom. The molecule has 0 aliphatic carbocycles. The van der Waals surface area contributed by atoms with Crippen molar-refractivity contribution in [1.29, 1.82) is 0 Å². The highest BCUT2D eigenvalue weighted by atomic mass is 32.2. The van der Waals surface area contributed by atoms with Gasteiger partial charge in [-0.25, -0.2) is 17.2 Å². The summed E-state index contributed by atoms with van der Waals surface area (Å²) in [7, 11) is 1.15. The fourth-order valence-corrected chi connectivity index (χ4v) is 6.93. The van der Waals surface area contributed by atoms with E-state index >= 15 is 0 Å². The molecule has 0 radical (unpaired) electrons. The summed E-state index contributed by atoms with van der Waals surface area (Å²) < 4.78 is 57.6. The van der Waals surface area contributed by atoms with Crippen molar-refractivity contribution in [3.05, 3.63) is 94.6 Å². The SMILES string of the molecule is CN(C)c1ccc(C(=O)Cc2[nH]nc3c2CN(S(=O)(=O)c2cc(F)cc(F)c2)CC3(C)C)c(NC(=O)c2cccn2C)c1. The molecule has 2 N–H and O–H groups in total. The maximum absolute atomic E-state index is 13.9. The zero-order valence-corrected chi connectivity index (χ0v) is 25.2. The molecule has 10 nitrogen and oxygen atoms in total. The van der Waals surface area contributed by atoms with Gasteiger partial charge in [0, 0.05) is 74.4 Å². The average molecular weight is 611 g/mol. The number of halogens is 2. The highest BCUT2D eigenvalue weighted by molar-refractivity contribution is 7.89. The summed E-state index contributed by atoms with van der Waals surface area (Å²) in [5.74, 6) is -2.71. The molecular formula is C30H32F2N6O4S. The van der Waals surface area contributed by atoms with Gasteiger partial charge in [-0.2, -0.15) is 9.40 Å². The molecule has 13 heteroatoms. The summed E-state index contributed by atoms with van der Waals surface area (Å²) in [4.78, 5) is 28.1. The van der Waals surface area contributed by atoms with Crippen molar-refractivity contribution in [2.24, 2.45) is 7.05 Å². The third-order valence-corrected chi connectivity index (χ3v) is 9.33. The van der Waals surface area contributed by atoms with Crippen LogP contribution in [0.25, 0.3) is 0 Å². The standard InChI is InChI=1S/C30H32F2N6O4S/c1-30(2)17-38(43(41,42)21-12-18(31)11-19(32)13-21)16-23-25(34-35-28(23)30)15-27(39)22-9-8-20(36(3)4)14-24(22)33-29(40)26-7-6-10-37(26)5/h6-14H,15-17H2,1-5H3,(H,33,40)(H,34,35). The fourth-order valence-electron chi connectivity index (χ4n) is 5.32. The van der Waals surface area contributed by atoms with Crippen molar-refractivity contribution in [3.8, 4) is 0 Å². The highest BCUT2D eigenvalue weighted by Gasteiger charge is 2.41. The van der Waals surface area contributed by atoms with Gasteiger partial charge in [0.05, 0.1) is 22.7 Å². The lowest BCUT2D eigenvalue weighted by atomic mass is 9.83. The number of H-pyrrole nitrogens is 1. The summed E-state index contributed by atoms with van der Waals surface area (Å²) in [5.41, 5.74) is 2.55. The number of aromatic amines is 1. The Morgan fingerprint density at radius 2 is 1.79 bits per heavy atom. The first-order valence-corrected chi connectivity index (χ1v) is 14.9. The van der Waals surface area contributed by atoms with E-state index in [4.69, 9.17) is 0 Å². The Morgan fingerprint density at radius 1 is 1.09 bits per heavy atom. The normalized spacial score (nSPS) is 14.8. The molecule has 0 atom stereocenters. The molecule has 43 heavy (non-hydrogen) atoms. The Hall–Kier alpha value is -4.36. The van der Waals surface area contributed by atoms with Crippen LogP contribution in [0.5, 0.6) is 0 Å². The minimum absolute atomic E-state index is 0.0139. The van der Waals surface area contributed by atoms with Crippen molar-refractivity contribution in [2.75, 3.05) is 30.9 Å². The number of hydrogen-bond acceptors (Lipinski definition) is 6. The molecule has 0 spiro atoms. The molecule has 2 aromatic carbocycles. The van der Waals surface area contributed by atoms with Crippen LogP contribution < -0.4 is 10.2 Å². The van der Waals surface area contributed by atoms with Gasteiger partial charge in [-0.05, 0) is 42.5 Å². The van der Waals surface area contributed by atoms with Gasteiger partial charge in [0.2, 0.25) is 10.0 Å². The quantitative estimate of drug-likeness (QED) is 0.288. The lowest BCUT2D eigenvalue weighted by molar-refractivity contribution is 0.0992. The molecule has 226 valence electrons. The van der Waals surface area contributed by atoms with Crippen molar-refractivity contribution in [2.45, 2.75) is 37.1 Å². The number of rotatable bonds is 8. The molecule has 4 aromatic rings. The monoisotopic (exact) mass is 610 g/mol. The van der Waals surface area contributed by atoms with Crippen molar-refractivity contribution in [1.82, 2.24) is 19.1 Å². The maximum atomic E-state index is 13.9. The smallest absolute Gasteiger partial charge is 0.272 e. The molecule has 1 aliphatic rings. The molecule has 0 unspecified atom stereocenters. The average Bonchev–Trinajstić information content (AvgIpc) is 3.54. The molecule has 0 saturated carbocycles. The lowest BCUT2D eigenvalue weighted by Gasteiger charge is -2.36. The zero-order chi connectivity index (χ0) is 31.3. The van der Waals surface area contributed by atoms with E-state index in [0.717, 1.165) is 22.1 Å². The number of amides is 1. The van der Waals surface area contributed by atoms with Gasteiger partial charge in [-0.1, -0.05) is 13.8 Å². The first kappa shape index (κ1) is 30.1. The van der Waals surface area contributed by atoms with Crippen LogP contribution in [0.1, 0.15) is 51.6 Å². The summed E-state index contributed by atoms with van der Waals surface area (Å²) >= 11 is 0. The van der Waals surface area contributed by atoms with Gasteiger partial charge < -0.3 is 14.8 Å². The number of benzene rings is 2. The van der Waals surface area contributed by atoms with Crippen LogP contribution in [0.15, 0.2) is 59.6 Å². The highest BCUT2D eigenvalue weighted by Crippen LogP contribution is 2.37. The molecule has 2 aromatic heterocycles. The third-order valence-electron chi connectivity index (χ3n) is 7.56. The first-order valence-electron chi connectivity index (χ1n) is 13.5. The fraction of sp³-hybridized carbons (Fsp3) is 0.300. The molecule has 0 bridgehead atoms. The van der Waals surface area contributed by atoms with Crippen LogP contribution in [0, 0.1) is 11.6 Å². The molecular weight excluding hydrogens is 578 g/mol. The number of nitrogens with zero attached hydrogens (tertiary/aromatic N) is 4. The van der Waals surface area contributed by atoms with Gasteiger partial charge in [0.25, 0.3) is 5.91 Å². The molecule has 5 rings (SSSR count). The molecule has 0 fully saturated rings. The number of carbonyl (C=O) groups excluding carboxylic acids is 2. The van der Waals surface area contributed by atoms with Crippen LogP contribution in [0.2, 0.25) is 0 Å². The van der Waals surface area contributed by atoms with Crippen LogP contribution in [0.3, 0.4) is 0 Å². The van der Waals surface area contributed by atoms with E-state index in [9.17, 15) is 26.8 Å². The Labute approximate surface area is 248 Å². The second-order valence-electron chi connectivity index (χ2n) is 11.5. The largest absolute Gasteiger partial charge is 0.378 e. The second kappa shape index (κ2) is 11.0. The summed E-state index contributed by atoms with van der Waals surface area (Å²) in [6.07, 6.45) is 1.59. The van der Waals surface area contributed by atoms with Gasteiger partial charge >= 0.3 is 0 Å². The van der Waals surface area contributed by atoms with E-state index < -0.39 is 32.0 Å². The Kier molecular flexibility index (Phi) is 7.73. The van der Waals surface area contributed by atoms with E-state index in [1.807, 2.05) is 32.8 Å². The van der Waals surface area contributed by atoms with Crippen LogP contribution in [-0.2, 0) is 35.5 Å². The number of aromatic nitrogens is 3. The minimum Gasteiger partial charge on any atom is -0.378 e. The topological polar surface area (TPSA) is 120 Å². The van der Waals surface area contributed by atoms with Gasteiger partial charge in [-0.15, -0.1) is 0 Å². The van der Waals surface area contributed by atoms with Crippen molar-refractivity contribution >= 4 is 33.1 Å². The maximum Gasteiger partial charge on any atom is 0.272 e. The minimum atomic E-state index is -4.28. The van der Waals surface area contributed by atoms with Gasteiger partial charge in [0.15, 0.2) is 5.78 Å². The number of Topliss-reactive ketones (excluding diaryl/α,β-unsaturated/α-hetero) is 1. The number of hydrogen-bond donors (Lipinski definition) is 2. The Bertz CT molecular complexity index is 1820. The lowest BCUT2D eigenvalue weighted by Crippen LogP contribution is -2.45. The number of fused-ring (bicyclic) bond motifs is 1. The van der Waals surface area contributed by atoms with Crippen molar-refractivity contribution in [3.63, 3.8) is 0 Å². The molecule has 3 heterocycles. The third kappa shape index (κ3) is 5.82. The zero-order valence-electron chi connectivity index (χ0n) is 24.4. The molecule has 0 saturated heterocycles. The number of carbonyl (C=O) groups is 2. The van der Waals surface area contributed by atoms with Crippen LogP contribution >= 0.6 is 0 Å². The number of ketones is 1. The van der Waals surface area contributed by atoms with E-state index in [2.05, 4.69) is 15.5 Å². The summed E-state index contributed by atoms with van der Waals surface area (Å²) in [6.45, 7) is 3.49. The van der Waals surface area contributed by atoms with Crippen molar-refractivity contribution < 1.29 is 26.8 Å². The predicted octanol–water partition coefficient (Wildman–Crippen LogP) is 4.25. The predicted molar refractivity (Wildman–Crippen MR) is 158 cm³/mol.